The van der Waals surface area contributed by atoms with Crippen molar-refractivity contribution in [1.29, 1.82) is 0 Å². The second kappa shape index (κ2) is 9.12. The van der Waals surface area contributed by atoms with Gasteiger partial charge in [-0.1, -0.05) is 0 Å². The molecule has 1 aromatic carbocycles. The molecule has 0 radical (unpaired) electrons. The molecule has 3 rings (SSSR count). The summed E-state index contributed by atoms with van der Waals surface area (Å²) in [7, 11) is -3.91. The molecule has 2 aliphatic heterocycles. The Labute approximate surface area is 182 Å². The van der Waals surface area contributed by atoms with Crippen LogP contribution < -0.4 is 0 Å². The first kappa shape index (κ1) is 24.7. The van der Waals surface area contributed by atoms with Crippen LogP contribution in [0.15, 0.2) is 23.1 Å². The van der Waals surface area contributed by atoms with Gasteiger partial charge in [0.25, 0.3) is 0 Å². The molecule has 1 unspecified atom stereocenters. The van der Waals surface area contributed by atoms with Gasteiger partial charge in [-0.15, -0.1) is 0 Å². The maximum absolute atomic E-state index is 13.5. The van der Waals surface area contributed by atoms with E-state index in [0.717, 1.165) is 11.0 Å². The number of aliphatic hydroxyl groups is 1. The maximum atomic E-state index is 13.5. The largest absolute Gasteiger partial charge is 0.434 e. The number of sulfonamides is 1. The van der Waals surface area contributed by atoms with E-state index < -0.39 is 46.4 Å². The number of ether oxygens (including phenoxy) is 2. The fourth-order valence-corrected chi connectivity index (χ4v) is 5.33. The minimum Gasteiger partial charge on any atom is -0.434 e. The summed E-state index contributed by atoms with van der Waals surface area (Å²) in [6.45, 7) is 0.268. The summed E-state index contributed by atoms with van der Waals surface area (Å²) < 4.78 is 89.2. The number of carbonyl (C=O) groups excluding carboxylic acids is 1. The molecular formula is C19H24F4N2O6S. The number of benzene rings is 1. The van der Waals surface area contributed by atoms with Crippen molar-refractivity contribution in [2.75, 3.05) is 39.4 Å². The summed E-state index contributed by atoms with van der Waals surface area (Å²) in [5.41, 5.74) is -0.710. The number of aryl methyl sites for hydroxylation is 1. The highest BCUT2D eigenvalue weighted by atomic mass is 32.2. The van der Waals surface area contributed by atoms with Gasteiger partial charge in [0.15, 0.2) is 0 Å². The molecule has 180 valence electrons. The van der Waals surface area contributed by atoms with Crippen LogP contribution in [-0.2, 0) is 19.5 Å². The van der Waals surface area contributed by atoms with E-state index in [4.69, 9.17) is 9.84 Å². The average molecular weight is 484 g/mol. The van der Waals surface area contributed by atoms with Gasteiger partial charge in [-0.2, -0.15) is 17.5 Å². The van der Waals surface area contributed by atoms with E-state index in [-0.39, 0.29) is 56.1 Å². The van der Waals surface area contributed by atoms with Crippen LogP contribution in [0.4, 0.5) is 22.4 Å². The fraction of sp³-hybridized carbons (Fsp3) is 0.632. The summed E-state index contributed by atoms with van der Waals surface area (Å²) in [4.78, 5) is 13.1. The standard InChI is InChI=1S/C19H24F4N2O6S/c1-13-10-14(2-3-15(13)20)32(28,29)25-8-9-30-18(12-25)4-6-24(7-5-18)17(27)31-16(11-26)19(21,22)23/h2-3,10,16,26H,4-9,11-12H2,1H3. The monoisotopic (exact) mass is 484 g/mol. The third-order valence-corrected chi connectivity index (χ3v) is 7.53. The van der Waals surface area contributed by atoms with Crippen LogP contribution in [0.5, 0.6) is 0 Å². The number of aliphatic hydroxyl groups excluding tert-OH is 1. The Hall–Kier alpha value is -1.96. The maximum Gasteiger partial charge on any atom is 0.427 e. The van der Waals surface area contributed by atoms with Crippen LogP contribution >= 0.6 is 0 Å². The molecule has 2 aliphatic rings. The second-order valence-electron chi connectivity index (χ2n) is 7.86. The van der Waals surface area contributed by atoms with Gasteiger partial charge in [0.05, 0.1) is 23.7 Å². The first-order chi connectivity index (χ1) is 14.9. The molecule has 13 heteroatoms. The predicted octanol–water partition coefficient (Wildman–Crippen LogP) is 2.05. The zero-order chi connectivity index (χ0) is 23.7. The molecule has 2 fully saturated rings. The highest BCUT2D eigenvalue weighted by molar-refractivity contribution is 7.89. The van der Waals surface area contributed by atoms with E-state index in [9.17, 15) is 30.8 Å². The molecule has 2 heterocycles. The predicted molar refractivity (Wildman–Crippen MR) is 103 cm³/mol. The number of piperidine rings is 1. The normalized spacial score (nSPS) is 20.9. The second-order valence-corrected chi connectivity index (χ2v) is 9.80. The van der Waals surface area contributed by atoms with E-state index >= 15 is 0 Å². The topological polar surface area (TPSA) is 96.4 Å². The number of nitrogens with zero attached hydrogens (tertiary/aromatic N) is 2. The quantitative estimate of drug-likeness (QED) is 0.658. The van der Waals surface area contributed by atoms with Crippen LogP contribution in [0, 0.1) is 12.7 Å². The summed E-state index contributed by atoms with van der Waals surface area (Å²) in [5.74, 6) is -0.518. The summed E-state index contributed by atoms with van der Waals surface area (Å²) in [6.07, 6.45) is -8.34. The molecule has 1 spiro atoms. The Kier molecular flexibility index (Phi) is 7.03. The zero-order valence-corrected chi connectivity index (χ0v) is 18.1. The Morgan fingerprint density at radius 3 is 2.50 bits per heavy atom. The van der Waals surface area contributed by atoms with Crippen molar-refractivity contribution in [2.24, 2.45) is 0 Å². The molecule has 2 saturated heterocycles. The van der Waals surface area contributed by atoms with E-state index in [0.29, 0.717) is 0 Å². The zero-order valence-electron chi connectivity index (χ0n) is 17.3. The number of hydrogen-bond donors (Lipinski definition) is 1. The first-order valence-electron chi connectivity index (χ1n) is 9.91. The van der Waals surface area contributed by atoms with Crippen molar-refractivity contribution in [3.8, 4) is 0 Å². The smallest absolute Gasteiger partial charge is 0.427 e. The highest BCUT2D eigenvalue weighted by Crippen LogP contribution is 2.33. The van der Waals surface area contributed by atoms with Gasteiger partial charge in [-0.3, -0.25) is 0 Å². The summed E-state index contributed by atoms with van der Waals surface area (Å²) >= 11 is 0. The van der Waals surface area contributed by atoms with E-state index in [1.54, 1.807) is 0 Å². The first-order valence-corrected chi connectivity index (χ1v) is 11.4. The van der Waals surface area contributed by atoms with Gasteiger partial charge in [-0.05, 0) is 43.5 Å². The number of likely N-dealkylation sites (tertiary alicyclic amines) is 1. The third-order valence-electron chi connectivity index (χ3n) is 5.69. The minimum absolute atomic E-state index is 0.00160. The van der Waals surface area contributed by atoms with E-state index in [2.05, 4.69) is 4.74 Å². The number of carbonyl (C=O) groups is 1. The van der Waals surface area contributed by atoms with Crippen molar-refractivity contribution in [3.05, 3.63) is 29.6 Å². The van der Waals surface area contributed by atoms with Gasteiger partial charge in [0.1, 0.15) is 5.82 Å². The molecule has 0 bridgehead atoms. The fourth-order valence-electron chi connectivity index (χ4n) is 3.75. The summed E-state index contributed by atoms with van der Waals surface area (Å²) in [5, 5.41) is 8.82. The Bertz CT molecular complexity index is 948. The van der Waals surface area contributed by atoms with Crippen LogP contribution in [0.25, 0.3) is 0 Å². The minimum atomic E-state index is -4.89. The number of hydrogen-bond acceptors (Lipinski definition) is 6. The lowest BCUT2D eigenvalue weighted by Crippen LogP contribution is -2.58. The molecule has 1 amide bonds. The molecule has 1 N–H and O–H groups in total. The number of rotatable bonds is 4. The number of morpholine rings is 1. The molecule has 1 atom stereocenters. The number of halogens is 4. The van der Waals surface area contributed by atoms with Gasteiger partial charge in [0, 0.05) is 26.2 Å². The summed E-state index contributed by atoms with van der Waals surface area (Å²) in [6, 6.07) is 3.53. The average Bonchev–Trinajstić information content (AvgIpc) is 2.73. The third kappa shape index (κ3) is 5.16. The molecule has 1 aromatic rings. The van der Waals surface area contributed by atoms with E-state index in [1.165, 1.54) is 23.4 Å². The molecule has 0 aromatic heterocycles. The van der Waals surface area contributed by atoms with Gasteiger partial charge >= 0.3 is 12.3 Å². The van der Waals surface area contributed by atoms with Crippen molar-refractivity contribution in [1.82, 2.24) is 9.21 Å². The van der Waals surface area contributed by atoms with Crippen LogP contribution in [0.1, 0.15) is 18.4 Å². The Morgan fingerprint density at radius 2 is 1.94 bits per heavy atom. The van der Waals surface area contributed by atoms with Crippen LogP contribution in [0.3, 0.4) is 0 Å². The van der Waals surface area contributed by atoms with Crippen LogP contribution in [-0.4, -0.2) is 86.1 Å². The SMILES string of the molecule is Cc1cc(S(=O)(=O)N2CCOC3(CCN(C(=O)OC(CO)C(F)(F)F)CC3)C2)ccc1F. The lowest BCUT2D eigenvalue weighted by Gasteiger charge is -2.46. The highest BCUT2D eigenvalue weighted by Gasteiger charge is 2.46. The Morgan fingerprint density at radius 1 is 1.28 bits per heavy atom. The Balaban J connectivity index is 1.65. The van der Waals surface area contributed by atoms with Gasteiger partial charge in [-0.25, -0.2) is 17.6 Å². The molecule has 32 heavy (non-hydrogen) atoms. The number of alkyl halides is 3. The van der Waals surface area contributed by atoms with Gasteiger partial charge < -0.3 is 19.5 Å². The lowest BCUT2D eigenvalue weighted by molar-refractivity contribution is -0.215. The van der Waals surface area contributed by atoms with E-state index in [1.807, 2.05) is 0 Å². The molecule has 0 saturated carbocycles. The van der Waals surface area contributed by atoms with Crippen molar-refractivity contribution < 1.29 is 45.4 Å². The van der Waals surface area contributed by atoms with Crippen LogP contribution in [0.2, 0.25) is 0 Å². The molecule has 8 nitrogen and oxygen atoms in total. The van der Waals surface area contributed by atoms with Crippen molar-refractivity contribution in [2.45, 2.75) is 42.5 Å². The van der Waals surface area contributed by atoms with Gasteiger partial charge in [0.2, 0.25) is 16.1 Å². The van der Waals surface area contributed by atoms with Crippen molar-refractivity contribution in [3.63, 3.8) is 0 Å². The lowest BCUT2D eigenvalue weighted by atomic mass is 9.90. The van der Waals surface area contributed by atoms with Crippen molar-refractivity contribution >= 4 is 16.1 Å². The molecular weight excluding hydrogens is 460 g/mol. The molecule has 0 aliphatic carbocycles. The number of amides is 1.